The predicted octanol–water partition coefficient (Wildman–Crippen LogP) is 4.73. The van der Waals surface area contributed by atoms with Gasteiger partial charge in [-0.25, -0.2) is 13.9 Å². The number of carbonyl (C=O) groups is 1. The van der Waals surface area contributed by atoms with E-state index in [1.165, 1.54) is 16.7 Å². The molecule has 5 rings (SSSR count). The number of amides is 1. The summed E-state index contributed by atoms with van der Waals surface area (Å²) in [6, 6.07) is 19.1. The Kier molecular flexibility index (Phi) is 6.47. The molecular formula is C27H23FN4O3S. The largest absolute Gasteiger partial charge is 0.495 e. The van der Waals surface area contributed by atoms with Crippen molar-refractivity contribution < 1.29 is 13.9 Å². The van der Waals surface area contributed by atoms with Gasteiger partial charge in [0.2, 0.25) is 5.91 Å². The van der Waals surface area contributed by atoms with E-state index in [0.29, 0.717) is 27.6 Å². The lowest BCUT2D eigenvalue weighted by atomic mass is 10.2. The number of methoxy groups -OCH3 is 1. The molecule has 1 amide bonds. The van der Waals surface area contributed by atoms with E-state index in [0.717, 1.165) is 33.8 Å². The van der Waals surface area contributed by atoms with Gasteiger partial charge in [0, 0.05) is 17.4 Å². The summed E-state index contributed by atoms with van der Waals surface area (Å²) >= 11 is 1.16. The van der Waals surface area contributed by atoms with Crippen LogP contribution in [0.25, 0.3) is 27.6 Å². The van der Waals surface area contributed by atoms with Gasteiger partial charge in [0.25, 0.3) is 5.56 Å². The Morgan fingerprint density at radius 2 is 1.92 bits per heavy atom. The van der Waals surface area contributed by atoms with Crippen LogP contribution in [0, 0.1) is 12.7 Å². The molecule has 0 saturated heterocycles. The zero-order valence-corrected chi connectivity index (χ0v) is 20.5. The number of aromatic nitrogens is 3. The van der Waals surface area contributed by atoms with Gasteiger partial charge in [-0.15, -0.1) is 0 Å². The van der Waals surface area contributed by atoms with Crippen LogP contribution >= 0.6 is 11.8 Å². The molecule has 0 saturated carbocycles. The summed E-state index contributed by atoms with van der Waals surface area (Å²) in [6.07, 6.45) is 0. The van der Waals surface area contributed by atoms with Gasteiger partial charge in [-0.3, -0.25) is 9.59 Å². The molecule has 182 valence electrons. The minimum absolute atomic E-state index is 0.0373. The summed E-state index contributed by atoms with van der Waals surface area (Å²) in [5, 5.41) is 4.03. The second-order valence-corrected chi connectivity index (χ2v) is 9.24. The quantitative estimate of drug-likeness (QED) is 0.248. The summed E-state index contributed by atoms with van der Waals surface area (Å²) in [7, 11) is 1.55. The SMILES string of the molecule is COc1ccc(C)cc1-n1c(SCC(=O)NCc2ccc(F)cc2)nc2c([nH]c3ccccc32)c1=O. The zero-order chi connectivity index (χ0) is 25.2. The topological polar surface area (TPSA) is 89.0 Å². The molecule has 0 bridgehead atoms. The molecule has 0 unspecified atom stereocenters. The molecule has 2 N–H and O–H groups in total. The van der Waals surface area contributed by atoms with Gasteiger partial charge < -0.3 is 15.0 Å². The summed E-state index contributed by atoms with van der Waals surface area (Å²) in [6.45, 7) is 2.20. The number of hydrogen-bond acceptors (Lipinski definition) is 5. The number of aromatic amines is 1. The van der Waals surface area contributed by atoms with E-state index in [-0.39, 0.29) is 29.6 Å². The Morgan fingerprint density at radius 1 is 1.14 bits per heavy atom. The lowest BCUT2D eigenvalue weighted by Crippen LogP contribution is -2.26. The van der Waals surface area contributed by atoms with Crippen LogP contribution in [-0.4, -0.2) is 33.3 Å². The van der Waals surface area contributed by atoms with Crippen LogP contribution < -0.4 is 15.6 Å². The average Bonchev–Trinajstić information content (AvgIpc) is 3.26. The smallest absolute Gasteiger partial charge is 0.283 e. The molecule has 3 aromatic carbocycles. The number of hydrogen-bond donors (Lipinski definition) is 2. The van der Waals surface area contributed by atoms with Crippen LogP contribution in [0.5, 0.6) is 5.75 Å². The van der Waals surface area contributed by atoms with Crippen LogP contribution in [0.3, 0.4) is 0 Å². The Labute approximate surface area is 210 Å². The van der Waals surface area contributed by atoms with Crippen LogP contribution in [0.2, 0.25) is 0 Å². The van der Waals surface area contributed by atoms with Gasteiger partial charge in [0.1, 0.15) is 22.6 Å². The number of aryl methyl sites for hydroxylation is 1. The number of halogens is 1. The van der Waals surface area contributed by atoms with Gasteiger partial charge in [-0.2, -0.15) is 0 Å². The second kappa shape index (κ2) is 9.87. The van der Waals surface area contributed by atoms with E-state index >= 15 is 0 Å². The van der Waals surface area contributed by atoms with Gasteiger partial charge in [0.15, 0.2) is 5.16 Å². The van der Waals surface area contributed by atoms with Crippen LogP contribution in [0.15, 0.2) is 76.7 Å². The highest BCUT2D eigenvalue weighted by atomic mass is 32.2. The van der Waals surface area contributed by atoms with Crippen molar-refractivity contribution in [3.8, 4) is 11.4 Å². The Bertz CT molecular complexity index is 1640. The Morgan fingerprint density at radius 3 is 2.69 bits per heavy atom. The maximum Gasteiger partial charge on any atom is 0.283 e. The van der Waals surface area contributed by atoms with Crippen molar-refractivity contribution in [2.75, 3.05) is 12.9 Å². The zero-order valence-electron chi connectivity index (χ0n) is 19.7. The van der Waals surface area contributed by atoms with E-state index < -0.39 is 0 Å². The van der Waals surface area contributed by atoms with E-state index in [4.69, 9.17) is 9.72 Å². The first-order valence-corrected chi connectivity index (χ1v) is 12.3. The van der Waals surface area contributed by atoms with Gasteiger partial charge in [0.05, 0.1) is 18.6 Å². The van der Waals surface area contributed by atoms with E-state index in [1.807, 2.05) is 43.3 Å². The molecule has 7 nitrogen and oxygen atoms in total. The van der Waals surface area contributed by atoms with E-state index in [9.17, 15) is 14.0 Å². The molecule has 0 aliphatic heterocycles. The molecule has 0 atom stereocenters. The highest BCUT2D eigenvalue weighted by molar-refractivity contribution is 7.99. The summed E-state index contributed by atoms with van der Waals surface area (Å²) in [5.74, 6) is -0.0119. The number of ether oxygens (including phenoxy) is 1. The number of H-pyrrole nitrogens is 1. The van der Waals surface area contributed by atoms with Crippen molar-refractivity contribution in [1.29, 1.82) is 0 Å². The Hall–Kier alpha value is -4.11. The highest BCUT2D eigenvalue weighted by Gasteiger charge is 2.20. The molecule has 2 heterocycles. The Balaban J connectivity index is 1.53. The lowest BCUT2D eigenvalue weighted by Gasteiger charge is -2.15. The van der Waals surface area contributed by atoms with E-state index in [1.54, 1.807) is 25.3 Å². The highest BCUT2D eigenvalue weighted by Crippen LogP contribution is 2.30. The normalized spacial score (nSPS) is 11.2. The van der Waals surface area contributed by atoms with Crippen molar-refractivity contribution in [3.63, 3.8) is 0 Å². The number of para-hydroxylation sites is 1. The maximum absolute atomic E-state index is 13.8. The number of fused-ring (bicyclic) bond motifs is 3. The van der Waals surface area contributed by atoms with Crippen LogP contribution in [0.4, 0.5) is 4.39 Å². The first kappa shape index (κ1) is 23.6. The van der Waals surface area contributed by atoms with E-state index in [2.05, 4.69) is 10.3 Å². The average molecular weight is 503 g/mol. The molecule has 0 fully saturated rings. The maximum atomic E-state index is 13.8. The summed E-state index contributed by atoms with van der Waals surface area (Å²) in [4.78, 5) is 34.4. The fraction of sp³-hybridized carbons (Fsp3) is 0.148. The lowest BCUT2D eigenvalue weighted by molar-refractivity contribution is -0.118. The van der Waals surface area contributed by atoms with Crippen molar-refractivity contribution in [3.05, 3.63) is 94.0 Å². The standard InChI is InChI=1S/C27H23FN4O3S/c1-16-7-12-22(35-2)21(13-16)32-26(34)25-24(19-5-3-4-6-20(19)30-25)31-27(32)36-15-23(33)29-14-17-8-10-18(28)11-9-17/h3-13,30H,14-15H2,1-2H3,(H,29,33). The van der Waals surface area contributed by atoms with Gasteiger partial charge in [-0.05, 0) is 48.4 Å². The minimum Gasteiger partial charge on any atom is -0.495 e. The van der Waals surface area contributed by atoms with Gasteiger partial charge >= 0.3 is 0 Å². The van der Waals surface area contributed by atoms with Gasteiger partial charge in [-0.1, -0.05) is 48.2 Å². The first-order chi connectivity index (χ1) is 17.4. The summed E-state index contributed by atoms with van der Waals surface area (Å²) < 4.78 is 20.2. The third kappa shape index (κ3) is 4.57. The van der Waals surface area contributed by atoms with Crippen molar-refractivity contribution in [2.45, 2.75) is 18.6 Å². The summed E-state index contributed by atoms with van der Waals surface area (Å²) in [5.41, 5.74) is 3.73. The first-order valence-electron chi connectivity index (χ1n) is 11.3. The number of rotatable bonds is 7. The molecule has 0 aliphatic carbocycles. The molecule has 36 heavy (non-hydrogen) atoms. The molecule has 0 radical (unpaired) electrons. The number of benzene rings is 3. The van der Waals surface area contributed by atoms with Crippen LogP contribution in [0.1, 0.15) is 11.1 Å². The number of nitrogens with one attached hydrogen (secondary N) is 2. The molecule has 0 spiro atoms. The van der Waals surface area contributed by atoms with Crippen LogP contribution in [-0.2, 0) is 11.3 Å². The fourth-order valence-electron chi connectivity index (χ4n) is 4.01. The fourth-order valence-corrected chi connectivity index (χ4v) is 4.84. The number of thioether (sulfide) groups is 1. The predicted molar refractivity (Wildman–Crippen MR) is 139 cm³/mol. The monoisotopic (exact) mass is 502 g/mol. The molecule has 9 heteroatoms. The third-order valence-electron chi connectivity index (χ3n) is 5.80. The van der Waals surface area contributed by atoms with Crippen molar-refractivity contribution >= 4 is 39.6 Å². The van der Waals surface area contributed by atoms with Crippen molar-refractivity contribution in [2.24, 2.45) is 0 Å². The number of nitrogens with zero attached hydrogens (tertiary/aromatic N) is 2. The molecule has 0 aliphatic rings. The molecule has 5 aromatic rings. The molecular weight excluding hydrogens is 479 g/mol. The number of carbonyl (C=O) groups excluding carboxylic acids is 1. The second-order valence-electron chi connectivity index (χ2n) is 8.30. The third-order valence-corrected chi connectivity index (χ3v) is 6.74. The molecule has 2 aromatic heterocycles. The van der Waals surface area contributed by atoms with Crippen molar-refractivity contribution in [1.82, 2.24) is 19.9 Å². The minimum atomic E-state index is -0.330.